The zero-order valence-corrected chi connectivity index (χ0v) is 13.8. The number of aryl methyl sites for hydroxylation is 1. The number of benzene rings is 1. The van der Waals surface area contributed by atoms with Crippen molar-refractivity contribution >= 4 is 17.5 Å². The standard InChI is InChI=1S/C17H21ClN2O2/c1-13-11-14(6-7-15(13)18)22-10-3-5-16(21)20(2)17(12-19)8-4-9-17/h6-7,11H,3-5,8-10H2,1-2H3. The van der Waals surface area contributed by atoms with Crippen LogP contribution in [0.5, 0.6) is 5.75 Å². The molecule has 0 N–H and O–H groups in total. The molecule has 0 atom stereocenters. The van der Waals surface area contributed by atoms with Gasteiger partial charge >= 0.3 is 0 Å². The Balaban J connectivity index is 1.75. The van der Waals surface area contributed by atoms with Crippen LogP contribution in [0.1, 0.15) is 37.7 Å². The summed E-state index contributed by atoms with van der Waals surface area (Å²) in [5, 5.41) is 9.96. The van der Waals surface area contributed by atoms with Gasteiger partial charge in [0.25, 0.3) is 0 Å². The van der Waals surface area contributed by atoms with E-state index in [0.29, 0.717) is 24.5 Å². The summed E-state index contributed by atoms with van der Waals surface area (Å²) in [7, 11) is 1.73. The number of nitriles is 1. The highest BCUT2D eigenvalue weighted by molar-refractivity contribution is 6.31. The predicted molar refractivity (Wildman–Crippen MR) is 85.9 cm³/mol. The van der Waals surface area contributed by atoms with E-state index in [4.69, 9.17) is 16.3 Å². The maximum atomic E-state index is 12.2. The third kappa shape index (κ3) is 3.53. The summed E-state index contributed by atoms with van der Waals surface area (Å²) in [5.74, 6) is 0.771. The molecule has 1 amide bonds. The van der Waals surface area contributed by atoms with E-state index >= 15 is 0 Å². The van der Waals surface area contributed by atoms with Crippen LogP contribution in [0.25, 0.3) is 0 Å². The molecule has 4 nitrogen and oxygen atoms in total. The smallest absolute Gasteiger partial charge is 0.223 e. The number of carbonyl (C=O) groups is 1. The summed E-state index contributed by atoms with van der Waals surface area (Å²) in [6, 6.07) is 7.79. The van der Waals surface area contributed by atoms with Gasteiger partial charge in [0, 0.05) is 18.5 Å². The number of carbonyl (C=O) groups excluding carboxylic acids is 1. The Hall–Kier alpha value is -1.73. The molecule has 1 saturated carbocycles. The zero-order chi connectivity index (χ0) is 16.2. The van der Waals surface area contributed by atoms with Crippen LogP contribution >= 0.6 is 11.6 Å². The predicted octanol–water partition coefficient (Wildman–Crippen LogP) is 3.71. The van der Waals surface area contributed by atoms with Gasteiger partial charge in [-0.3, -0.25) is 4.79 Å². The first-order valence-electron chi connectivity index (χ1n) is 7.55. The molecular weight excluding hydrogens is 300 g/mol. The average molecular weight is 321 g/mol. The monoisotopic (exact) mass is 320 g/mol. The van der Waals surface area contributed by atoms with Gasteiger partial charge in [-0.05, 0) is 56.4 Å². The summed E-state index contributed by atoms with van der Waals surface area (Å²) in [4.78, 5) is 13.8. The fourth-order valence-corrected chi connectivity index (χ4v) is 2.68. The van der Waals surface area contributed by atoms with Crippen molar-refractivity contribution in [1.29, 1.82) is 5.26 Å². The lowest BCUT2D eigenvalue weighted by atomic mass is 9.76. The van der Waals surface area contributed by atoms with E-state index < -0.39 is 5.54 Å². The minimum absolute atomic E-state index is 0.0112. The maximum absolute atomic E-state index is 12.2. The SMILES string of the molecule is Cc1cc(OCCCC(=O)N(C)C2(C#N)CCC2)ccc1Cl. The van der Waals surface area contributed by atoms with Gasteiger partial charge in [0.15, 0.2) is 0 Å². The molecule has 0 aromatic heterocycles. The first-order chi connectivity index (χ1) is 10.5. The lowest BCUT2D eigenvalue weighted by molar-refractivity contribution is -0.136. The first kappa shape index (κ1) is 16.6. The zero-order valence-electron chi connectivity index (χ0n) is 13.1. The van der Waals surface area contributed by atoms with E-state index in [1.54, 1.807) is 18.0 Å². The van der Waals surface area contributed by atoms with Crippen molar-refractivity contribution in [2.75, 3.05) is 13.7 Å². The van der Waals surface area contributed by atoms with Crippen LogP contribution in [-0.4, -0.2) is 30.0 Å². The molecule has 0 heterocycles. The molecule has 0 aliphatic heterocycles. The van der Waals surface area contributed by atoms with E-state index in [2.05, 4.69) is 6.07 Å². The first-order valence-corrected chi connectivity index (χ1v) is 7.93. The number of nitrogens with zero attached hydrogens (tertiary/aromatic N) is 2. The molecule has 0 bridgehead atoms. The van der Waals surface area contributed by atoms with Gasteiger partial charge in [0.05, 0.1) is 12.7 Å². The number of hydrogen-bond acceptors (Lipinski definition) is 3. The fourth-order valence-electron chi connectivity index (χ4n) is 2.56. The van der Waals surface area contributed by atoms with Crippen molar-refractivity contribution in [2.45, 2.75) is 44.6 Å². The molecule has 1 aliphatic rings. The van der Waals surface area contributed by atoms with E-state index in [-0.39, 0.29) is 5.91 Å². The number of halogens is 1. The van der Waals surface area contributed by atoms with Crippen LogP contribution in [0.15, 0.2) is 18.2 Å². The van der Waals surface area contributed by atoms with Gasteiger partial charge in [-0.25, -0.2) is 0 Å². The summed E-state index contributed by atoms with van der Waals surface area (Å²) in [6.07, 6.45) is 3.61. The molecule has 0 unspecified atom stereocenters. The maximum Gasteiger partial charge on any atom is 0.223 e. The molecule has 0 spiro atoms. The molecule has 0 saturated heterocycles. The summed E-state index contributed by atoms with van der Waals surface area (Å²) >= 11 is 5.96. The van der Waals surface area contributed by atoms with Crippen LogP contribution in [0, 0.1) is 18.3 Å². The Labute approximate surface area is 136 Å². The lowest BCUT2D eigenvalue weighted by Crippen LogP contribution is -2.53. The molecule has 1 aliphatic carbocycles. The van der Waals surface area contributed by atoms with Crippen LogP contribution in [-0.2, 0) is 4.79 Å². The number of ether oxygens (including phenoxy) is 1. The highest BCUT2D eigenvalue weighted by Gasteiger charge is 2.43. The molecule has 1 aromatic rings. The highest BCUT2D eigenvalue weighted by atomic mass is 35.5. The van der Waals surface area contributed by atoms with Gasteiger partial charge in [0.1, 0.15) is 11.3 Å². The number of amides is 1. The molecule has 5 heteroatoms. The molecule has 22 heavy (non-hydrogen) atoms. The Morgan fingerprint density at radius 3 is 2.77 bits per heavy atom. The normalized spacial score (nSPS) is 15.5. The van der Waals surface area contributed by atoms with E-state index in [1.807, 2.05) is 19.1 Å². The van der Waals surface area contributed by atoms with Crippen molar-refractivity contribution in [3.8, 4) is 11.8 Å². The second kappa shape index (κ2) is 7.02. The second-order valence-corrected chi connectivity index (χ2v) is 6.22. The third-order valence-corrected chi connectivity index (χ3v) is 4.76. The Morgan fingerprint density at radius 2 is 2.23 bits per heavy atom. The molecule has 2 rings (SSSR count). The molecule has 1 fully saturated rings. The minimum Gasteiger partial charge on any atom is -0.494 e. The Bertz CT molecular complexity index is 591. The lowest BCUT2D eigenvalue weighted by Gasteiger charge is -2.43. The topological polar surface area (TPSA) is 53.3 Å². The minimum atomic E-state index is -0.564. The third-order valence-electron chi connectivity index (χ3n) is 4.34. The van der Waals surface area contributed by atoms with Gasteiger partial charge < -0.3 is 9.64 Å². The molecule has 1 aromatic carbocycles. The molecule has 0 radical (unpaired) electrons. The van der Waals surface area contributed by atoms with E-state index in [1.165, 1.54) is 0 Å². The van der Waals surface area contributed by atoms with Gasteiger partial charge in [-0.2, -0.15) is 5.26 Å². The van der Waals surface area contributed by atoms with Gasteiger partial charge in [-0.1, -0.05) is 11.6 Å². The van der Waals surface area contributed by atoms with Crippen molar-refractivity contribution in [2.24, 2.45) is 0 Å². The highest BCUT2D eigenvalue weighted by Crippen LogP contribution is 2.36. The van der Waals surface area contributed by atoms with Crippen molar-refractivity contribution in [1.82, 2.24) is 4.90 Å². The number of hydrogen-bond donors (Lipinski definition) is 0. The van der Waals surface area contributed by atoms with E-state index in [0.717, 1.165) is 30.6 Å². The van der Waals surface area contributed by atoms with Crippen molar-refractivity contribution in [3.05, 3.63) is 28.8 Å². The van der Waals surface area contributed by atoms with Crippen LogP contribution in [0.4, 0.5) is 0 Å². The van der Waals surface area contributed by atoms with Gasteiger partial charge in [0.2, 0.25) is 5.91 Å². The summed E-state index contributed by atoms with van der Waals surface area (Å²) < 4.78 is 5.63. The quantitative estimate of drug-likeness (QED) is 0.751. The van der Waals surface area contributed by atoms with E-state index in [9.17, 15) is 10.1 Å². The van der Waals surface area contributed by atoms with Crippen LogP contribution in [0.2, 0.25) is 5.02 Å². The largest absolute Gasteiger partial charge is 0.494 e. The van der Waals surface area contributed by atoms with Crippen LogP contribution in [0.3, 0.4) is 0 Å². The van der Waals surface area contributed by atoms with Gasteiger partial charge in [-0.15, -0.1) is 0 Å². The Morgan fingerprint density at radius 1 is 1.50 bits per heavy atom. The second-order valence-electron chi connectivity index (χ2n) is 5.81. The summed E-state index contributed by atoms with van der Waals surface area (Å²) in [5.41, 5.74) is 0.404. The van der Waals surface area contributed by atoms with Crippen molar-refractivity contribution < 1.29 is 9.53 Å². The van der Waals surface area contributed by atoms with Crippen molar-refractivity contribution in [3.63, 3.8) is 0 Å². The van der Waals surface area contributed by atoms with Crippen LogP contribution < -0.4 is 4.74 Å². The molecular formula is C17H21ClN2O2. The number of rotatable bonds is 6. The Kier molecular flexibility index (Phi) is 5.31. The fraction of sp³-hybridized carbons (Fsp3) is 0.529. The molecule has 118 valence electrons. The average Bonchev–Trinajstić information content (AvgIpc) is 2.46. The summed E-state index contributed by atoms with van der Waals surface area (Å²) in [6.45, 7) is 2.40.